The maximum atomic E-state index is 9.81. The third-order valence-corrected chi connectivity index (χ3v) is 1.68. The first kappa shape index (κ1) is 14.8. The summed E-state index contributed by atoms with van der Waals surface area (Å²) < 4.78 is 29.4. The molecule has 80 valence electrons. The molecule has 0 unspecified atom stereocenters. The molecular weight excluding hydrogens is 198 g/mol. The molecule has 0 saturated heterocycles. The third-order valence-electron chi connectivity index (χ3n) is 0.945. The Morgan fingerprint density at radius 1 is 1.46 bits per heavy atom. The molecule has 0 bridgehead atoms. The standard InChI is InChI=1S/C3H9NO3S.C3H6O2/c1-4-2-3-8(5,6)7;1-2-3(4)5/h4H,2-3H2,1H3,(H,5,6,7);2H2,1H3,(H,4,5)/p-1. The van der Waals surface area contributed by atoms with E-state index in [1.165, 1.54) is 6.92 Å². The van der Waals surface area contributed by atoms with Crippen molar-refractivity contribution in [3.63, 3.8) is 0 Å². The van der Waals surface area contributed by atoms with E-state index in [-0.39, 0.29) is 12.2 Å². The van der Waals surface area contributed by atoms with Crippen molar-refractivity contribution in [3.05, 3.63) is 0 Å². The number of carboxylic acids is 1. The van der Waals surface area contributed by atoms with E-state index in [4.69, 9.17) is 0 Å². The van der Waals surface area contributed by atoms with Gasteiger partial charge < -0.3 is 19.8 Å². The van der Waals surface area contributed by atoms with Crippen molar-refractivity contribution >= 4 is 16.1 Å². The number of hydrogen-bond acceptors (Lipinski definition) is 5. The summed E-state index contributed by atoms with van der Waals surface area (Å²) >= 11 is 0. The van der Waals surface area contributed by atoms with E-state index in [0.29, 0.717) is 6.54 Å². The molecule has 0 aromatic heterocycles. The Hall–Kier alpha value is -0.660. The van der Waals surface area contributed by atoms with Crippen molar-refractivity contribution in [1.82, 2.24) is 0 Å². The minimum Gasteiger partial charge on any atom is -0.748 e. The predicted molar refractivity (Wildman–Crippen MR) is 42.6 cm³/mol. The van der Waals surface area contributed by atoms with Gasteiger partial charge in [0.05, 0.1) is 19.3 Å². The zero-order chi connectivity index (χ0) is 10.9. The van der Waals surface area contributed by atoms with Crippen LogP contribution >= 0.6 is 0 Å². The van der Waals surface area contributed by atoms with Gasteiger partial charge >= 0.3 is 0 Å². The molecule has 0 fully saturated rings. The summed E-state index contributed by atoms with van der Waals surface area (Å²) in [5.41, 5.74) is 0. The summed E-state index contributed by atoms with van der Waals surface area (Å²) in [4.78, 5) is 9.26. The highest BCUT2D eigenvalue weighted by Gasteiger charge is 1.92. The van der Waals surface area contributed by atoms with Gasteiger partial charge in [0, 0.05) is 5.97 Å². The Morgan fingerprint density at radius 3 is 1.92 bits per heavy atom. The fourth-order valence-electron chi connectivity index (χ4n) is 0.262. The molecule has 0 aliphatic carbocycles. The van der Waals surface area contributed by atoms with Crippen LogP contribution in [0.5, 0.6) is 0 Å². The molecule has 6 nitrogen and oxygen atoms in total. The lowest BCUT2D eigenvalue weighted by Gasteiger charge is -2.01. The number of rotatable bonds is 4. The monoisotopic (exact) mass is 212 g/mol. The van der Waals surface area contributed by atoms with Crippen molar-refractivity contribution in [3.8, 4) is 0 Å². The molecule has 0 spiro atoms. The van der Waals surface area contributed by atoms with E-state index in [2.05, 4.69) is 0 Å². The molecule has 0 saturated carbocycles. The average molecular weight is 212 g/mol. The molecule has 13 heavy (non-hydrogen) atoms. The lowest BCUT2D eigenvalue weighted by atomic mass is 10.5. The molecule has 0 rings (SSSR count). The smallest absolute Gasteiger partial charge is 0.100 e. The van der Waals surface area contributed by atoms with Gasteiger partial charge in [0.15, 0.2) is 0 Å². The van der Waals surface area contributed by atoms with Gasteiger partial charge in [-0.1, -0.05) is 6.92 Å². The number of aliphatic carboxylic acids is 1. The van der Waals surface area contributed by atoms with E-state index < -0.39 is 16.1 Å². The quantitative estimate of drug-likeness (QED) is 0.495. The molecule has 0 aromatic rings. The second-order valence-electron chi connectivity index (χ2n) is 2.18. The number of hydrogen-bond donors (Lipinski definition) is 1. The van der Waals surface area contributed by atoms with E-state index in [1.807, 2.05) is 0 Å². The van der Waals surface area contributed by atoms with Crippen molar-refractivity contribution in [2.75, 3.05) is 19.3 Å². The van der Waals surface area contributed by atoms with Gasteiger partial charge in [-0.3, -0.25) is 0 Å². The van der Waals surface area contributed by atoms with Crippen molar-refractivity contribution < 1.29 is 28.2 Å². The first-order valence-electron chi connectivity index (χ1n) is 3.74. The van der Waals surface area contributed by atoms with Crippen LogP contribution in [0, 0.1) is 0 Å². The van der Waals surface area contributed by atoms with Crippen LogP contribution in [-0.2, 0) is 14.9 Å². The van der Waals surface area contributed by atoms with E-state index in [1.54, 1.807) is 12.4 Å². The summed E-state index contributed by atoms with van der Waals surface area (Å²) in [6.45, 7) is 1.89. The van der Waals surface area contributed by atoms with Crippen LogP contribution in [0.15, 0.2) is 0 Å². The van der Waals surface area contributed by atoms with Crippen LogP contribution in [0.2, 0.25) is 0 Å². The third kappa shape index (κ3) is 24.6. The highest BCUT2D eigenvalue weighted by molar-refractivity contribution is 7.85. The summed E-state index contributed by atoms with van der Waals surface area (Å²) in [6.07, 6.45) is 0.111. The molecule has 0 aromatic carbocycles. The number of carboxylic acid groups (broad SMARTS) is 1. The van der Waals surface area contributed by atoms with Gasteiger partial charge in [-0.15, -0.1) is 0 Å². The zero-order valence-electron chi connectivity index (χ0n) is 7.65. The molecule has 0 heterocycles. The number of quaternary nitrogens is 1. The van der Waals surface area contributed by atoms with Gasteiger partial charge in [0.1, 0.15) is 10.1 Å². The van der Waals surface area contributed by atoms with E-state index in [0.717, 1.165) is 0 Å². The molecule has 2 N–H and O–H groups in total. The first-order valence-corrected chi connectivity index (χ1v) is 5.32. The minimum absolute atomic E-state index is 0.111. The number of carbonyl (C=O) groups excluding carboxylic acids is 1. The fraction of sp³-hybridized carbons (Fsp3) is 0.833. The Labute approximate surface area is 77.7 Å². The molecule has 7 heteroatoms. The van der Waals surface area contributed by atoms with Crippen LogP contribution in [-0.4, -0.2) is 38.3 Å². The van der Waals surface area contributed by atoms with Crippen LogP contribution < -0.4 is 10.4 Å². The average Bonchev–Trinajstić information content (AvgIpc) is 2.00. The fourth-order valence-corrected chi connectivity index (χ4v) is 0.787. The Morgan fingerprint density at radius 2 is 1.85 bits per heavy atom. The number of carbonyl (C=O) groups is 1. The van der Waals surface area contributed by atoms with Crippen LogP contribution in [0.3, 0.4) is 0 Å². The first-order chi connectivity index (χ1) is 5.83. The van der Waals surface area contributed by atoms with Gasteiger partial charge in [0.25, 0.3) is 0 Å². The topological polar surface area (TPSA) is 114 Å². The van der Waals surface area contributed by atoms with Gasteiger partial charge in [0.2, 0.25) is 0 Å². The minimum atomic E-state index is -3.97. The predicted octanol–water partition coefficient (Wildman–Crippen LogP) is -3.13. The Bertz CT molecular complexity index is 223. The lowest BCUT2D eigenvalue weighted by molar-refractivity contribution is -0.622. The largest absolute Gasteiger partial charge is 0.748 e. The second-order valence-corrected chi connectivity index (χ2v) is 3.71. The normalized spacial score (nSPS) is 10.1. The van der Waals surface area contributed by atoms with Gasteiger partial charge in [-0.25, -0.2) is 8.42 Å². The zero-order valence-corrected chi connectivity index (χ0v) is 8.46. The maximum Gasteiger partial charge on any atom is 0.100 e. The van der Waals surface area contributed by atoms with Gasteiger partial charge in [-0.2, -0.15) is 0 Å². The van der Waals surface area contributed by atoms with Crippen LogP contribution in [0.1, 0.15) is 13.3 Å². The molecule has 0 radical (unpaired) electrons. The summed E-state index contributed by atoms with van der Waals surface area (Å²) in [6, 6.07) is 0. The van der Waals surface area contributed by atoms with E-state index in [9.17, 15) is 22.9 Å². The number of nitrogens with two attached hydrogens (primary N) is 1. The lowest BCUT2D eigenvalue weighted by Crippen LogP contribution is -2.80. The summed E-state index contributed by atoms with van der Waals surface area (Å²) in [5, 5.41) is 10.9. The summed E-state index contributed by atoms with van der Waals surface area (Å²) in [7, 11) is -2.25. The molecule has 0 aliphatic heterocycles. The van der Waals surface area contributed by atoms with Crippen LogP contribution in [0.25, 0.3) is 0 Å². The van der Waals surface area contributed by atoms with E-state index >= 15 is 0 Å². The van der Waals surface area contributed by atoms with Crippen LogP contribution in [0.4, 0.5) is 0 Å². The highest BCUT2D eigenvalue weighted by Crippen LogP contribution is 1.73. The maximum absolute atomic E-state index is 9.81. The van der Waals surface area contributed by atoms with Crippen molar-refractivity contribution in [2.45, 2.75) is 13.3 Å². The Kier molecular flexibility index (Phi) is 9.09. The molecule has 0 aliphatic rings. The summed E-state index contributed by atoms with van der Waals surface area (Å²) in [5.74, 6) is -1.27. The Balaban J connectivity index is 0. The van der Waals surface area contributed by atoms with Gasteiger partial charge in [-0.05, 0) is 6.42 Å². The second kappa shape index (κ2) is 7.96. The molecule has 0 atom stereocenters. The molecular formula is C6H14NO5S-. The van der Waals surface area contributed by atoms with Crippen molar-refractivity contribution in [2.24, 2.45) is 0 Å². The highest BCUT2D eigenvalue weighted by atomic mass is 32.2. The SMILES string of the molecule is CCC(=O)[O-].C[NH2+]CCS(=O)(=O)[O-]. The molecule has 0 amide bonds. The van der Waals surface area contributed by atoms with Crippen molar-refractivity contribution in [1.29, 1.82) is 0 Å².